The summed E-state index contributed by atoms with van der Waals surface area (Å²) in [6.45, 7) is 3.04. The molecule has 1 aromatic heterocycles. The summed E-state index contributed by atoms with van der Waals surface area (Å²) in [6.07, 6.45) is 4.02. The first-order chi connectivity index (χ1) is 7.72. The molecule has 0 bridgehead atoms. The van der Waals surface area contributed by atoms with Crippen LogP contribution in [0.1, 0.15) is 24.6 Å². The molecule has 0 amide bonds. The lowest BCUT2D eigenvalue weighted by molar-refractivity contribution is 0.745. The van der Waals surface area contributed by atoms with Gasteiger partial charge in [0.25, 0.3) is 0 Å². The lowest BCUT2D eigenvalue weighted by atomic mass is 10.3. The van der Waals surface area contributed by atoms with E-state index in [1.807, 2.05) is 11.4 Å². The van der Waals surface area contributed by atoms with E-state index in [1.54, 1.807) is 17.6 Å². The Labute approximate surface area is 113 Å². The third-order valence-corrected chi connectivity index (χ3v) is 3.63. The highest BCUT2D eigenvalue weighted by molar-refractivity contribution is 9.10. The third-order valence-electron chi connectivity index (χ3n) is 1.76. The third kappa shape index (κ3) is 5.58. The second kappa shape index (κ2) is 7.76. The van der Waals surface area contributed by atoms with Gasteiger partial charge in [-0.2, -0.15) is 5.10 Å². The van der Waals surface area contributed by atoms with Crippen molar-refractivity contribution in [3.63, 3.8) is 0 Å². The topological polar surface area (TPSA) is 36.4 Å². The second-order valence-corrected chi connectivity index (χ2v) is 5.41. The SMILES string of the molecule is CCCCNC(=S)N/N=C\c1cc(Br)cs1. The number of thiocarbonyl (C=S) groups is 1. The van der Waals surface area contributed by atoms with Crippen LogP contribution in [0.15, 0.2) is 21.0 Å². The van der Waals surface area contributed by atoms with Crippen molar-refractivity contribution in [2.24, 2.45) is 5.10 Å². The Kier molecular flexibility index (Phi) is 6.59. The lowest BCUT2D eigenvalue weighted by Gasteiger charge is -2.04. The van der Waals surface area contributed by atoms with Gasteiger partial charge in [-0.25, -0.2) is 0 Å². The molecule has 1 rings (SSSR count). The van der Waals surface area contributed by atoms with Gasteiger partial charge in [-0.3, -0.25) is 5.43 Å². The van der Waals surface area contributed by atoms with Crippen LogP contribution in [-0.4, -0.2) is 17.9 Å². The molecule has 1 aromatic rings. The summed E-state index contributed by atoms with van der Waals surface area (Å²) in [5.41, 5.74) is 2.78. The van der Waals surface area contributed by atoms with E-state index in [0.717, 1.165) is 28.7 Å². The second-order valence-electron chi connectivity index (χ2n) is 3.15. The van der Waals surface area contributed by atoms with Crippen LogP contribution in [0.25, 0.3) is 0 Å². The summed E-state index contributed by atoms with van der Waals surface area (Å²) < 4.78 is 1.07. The quantitative estimate of drug-likeness (QED) is 0.379. The van der Waals surface area contributed by atoms with E-state index in [2.05, 4.69) is 38.7 Å². The van der Waals surface area contributed by atoms with E-state index in [9.17, 15) is 0 Å². The zero-order valence-electron chi connectivity index (χ0n) is 9.00. The van der Waals surface area contributed by atoms with Gasteiger partial charge in [0.2, 0.25) is 0 Å². The number of nitrogens with one attached hydrogen (secondary N) is 2. The van der Waals surface area contributed by atoms with Gasteiger partial charge < -0.3 is 5.32 Å². The summed E-state index contributed by atoms with van der Waals surface area (Å²) in [5.74, 6) is 0. The molecular weight excluding hydrogens is 306 g/mol. The molecule has 2 N–H and O–H groups in total. The summed E-state index contributed by atoms with van der Waals surface area (Å²) in [4.78, 5) is 1.08. The first-order valence-electron chi connectivity index (χ1n) is 5.03. The van der Waals surface area contributed by atoms with Crippen LogP contribution in [0.2, 0.25) is 0 Å². The van der Waals surface area contributed by atoms with Crippen LogP contribution in [-0.2, 0) is 0 Å². The van der Waals surface area contributed by atoms with E-state index in [-0.39, 0.29) is 0 Å². The van der Waals surface area contributed by atoms with E-state index in [4.69, 9.17) is 12.2 Å². The standard InChI is InChI=1S/C10H14BrN3S2/c1-2-3-4-12-10(15)14-13-6-9-5-8(11)7-16-9/h5-7H,2-4H2,1H3,(H2,12,14,15)/b13-6-. The number of hydrogen-bond donors (Lipinski definition) is 2. The molecule has 0 unspecified atom stereocenters. The maximum absolute atomic E-state index is 5.05. The zero-order chi connectivity index (χ0) is 11.8. The van der Waals surface area contributed by atoms with Gasteiger partial charge in [-0.1, -0.05) is 13.3 Å². The van der Waals surface area contributed by atoms with Gasteiger partial charge in [0, 0.05) is 21.3 Å². The molecule has 0 aliphatic rings. The Hall–Kier alpha value is -0.460. The van der Waals surface area contributed by atoms with Crippen LogP contribution in [0.5, 0.6) is 0 Å². The average molecular weight is 320 g/mol. The highest BCUT2D eigenvalue weighted by Crippen LogP contribution is 2.17. The van der Waals surface area contributed by atoms with Crippen molar-refractivity contribution in [2.45, 2.75) is 19.8 Å². The first-order valence-corrected chi connectivity index (χ1v) is 7.11. The minimum absolute atomic E-state index is 0.570. The highest BCUT2D eigenvalue weighted by Gasteiger charge is 1.94. The summed E-state index contributed by atoms with van der Waals surface area (Å²) >= 11 is 10.1. The fraction of sp³-hybridized carbons (Fsp3) is 0.400. The van der Waals surface area contributed by atoms with Crippen LogP contribution < -0.4 is 10.7 Å². The molecular formula is C10H14BrN3S2. The Morgan fingerprint density at radius 3 is 3.12 bits per heavy atom. The fourth-order valence-electron chi connectivity index (χ4n) is 0.969. The molecule has 0 aliphatic carbocycles. The molecule has 0 saturated carbocycles. The number of hydrogen-bond acceptors (Lipinski definition) is 3. The molecule has 0 radical (unpaired) electrons. The average Bonchev–Trinajstić information content (AvgIpc) is 2.65. The van der Waals surface area contributed by atoms with Crippen molar-refractivity contribution in [1.29, 1.82) is 0 Å². The van der Waals surface area contributed by atoms with E-state index >= 15 is 0 Å². The van der Waals surface area contributed by atoms with E-state index in [0.29, 0.717) is 5.11 Å². The molecule has 0 spiro atoms. The van der Waals surface area contributed by atoms with Crippen LogP contribution in [0, 0.1) is 0 Å². The minimum Gasteiger partial charge on any atom is -0.361 e. The van der Waals surface area contributed by atoms with Gasteiger partial charge >= 0.3 is 0 Å². The number of nitrogens with zero attached hydrogens (tertiary/aromatic N) is 1. The molecule has 0 atom stereocenters. The summed E-state index contributed by atoms with van der Waals surface area (Å²) in [6, 6.07) is 2.00. The van der Waals surface area contributed by atoms with E-state index in [1.165, 1.54) is 0 Å². The van der Waals surface area contributed by atoms with Crippen molar-refractivity contribution in [3.8, 4) is 0 Å². The number of thiophene rings is 1. The largest absolute Gasteiger partial charge is 0.361 e. The molecule has 16 heavy (non-hydrogen) atoms. The van der Waals surface area contributed by atoms with Gasteiger partial charge in [0.05, 0.1) is 6.21 Å². The monoisotopic (exact) mass is 319 g/mol. The number of rotatable bonds is 5. The maximum atomic E-state index is 5.05. The highest BCUT2D eigenvalue weighted by atomic mass is 79.9. The Bertz CT molecular complexity index is 363. The summed E-state index contributed by atoms with van der Waals surface area (Å²) in [7, 11) is 0. The molecule has 6 heteroatoms. The maximum Gasteiger partial charge on any atom is 0.186 e. The molecule has 3 nitrogen and oxygen atoms in total. The van der Waals surface area contributed by atoms with Crippen molar-refractivity contribution in [1.82, 2.24) is 10.7 Å². The van der Waals surface area contributed by atoms with E-state index < -0.39 is 0 Å². The van der Waals surface area contributed by atoms with Crippen molar-refractivity contribution < 1.29 is 0 Å². The molecule has 0 aromatic carbocycles. The zero-order valence-corrected chi connectivity index (χ0v) is 12.2. The molecule has 0 fully saturated rings. The number of hydrazone groups is 1. The Balaban J connectivity index is 2.23. The van der Waals surface area contributed by atoms with Crippen LogP contribution in [0.3, 0.4) is 0 Å². The van der Waals surface area contributed by atoms with Gasteiger partial charge in [-0.15, -0.1) is 11.3 Å². The van der Waals surface area contributed by atoms with Crippen LogP contribution in [0.4, 0.5) is 0 Å². The first kappa shape index (κ1) is 13.6. The van der Waals surface area contributed by atoms with Crippen molar-refractivity contribution >= 4 is 50.8 Å². The van der Waals surface area contributed by atoms with Crippen molar-refractivity contribution in [2.75, 3.05) is 6.54 Å². The predicted molar refractivity (Wildman–Crippen MR) is 78.3 cm³/mol. The van der Waals surface area contributed by atoms with Gasteiger partial charge in [0.15, 0.2) is 5.11 Å². The van der Waals surface area contributed by atoms with Crippen LogP contribution >= 0.6 is 39.5 Å². The van der Waals surface area contributed by atoms with Gasteiger partial charge in [-0.05, 0) is 40.6 Å². The number of halogens is 1. The minimum atomic E-state index is 0.570. The Morgan fingerprint density at radius 1 is 1.69 bits per heavy atom. The Morgan fingerprint density at radius 2 is 2.50 bits per heavy atom. The lowest BCUT2D eigenvalue weighted by Crippen LogP contribution is -2.32. The predicted octanol–water partition coefficient (Wildman–Crippen LogP) is 3.11. The summed E-state index contributed by atoms with van der Waals surface area (Å²) in [5, 5.41) is 9.70. The normalized spacial score (nSPS) is 10.6. The molecule has 88 valence electrons. The smallest absolute Gasteiger partial charge is 0.186 e. The van der Waals surface area contributed by atoms with Gasteiger partial charge in [0.1, 0.15) is 0 Å². The molecule has 0 saturated heterocycles. The fourth-order valence-corrected chi connectivity index (χ4v) is 2.43. The van der Waals surface area contributed by atoms with Crippen molar-refractivity contribution in [3.05, 3.63) is 20.8 Å². The number of unbranched alkanes of at least 4 members (excludes halogenated alkanes) is 1. The molecule has 1 heterocycles. The molecule has 0 aliphatic heterocycles.